The van der Waals surface area contributed by atoms with Crippen molar-refractivity contribution in [3.63, 3.8) is 0 Å². The van der Waals surface area contributed by atoms with E-state index in [0.717, 1.165) is 10.6 Å². The summed E-state index contributed by atoms with van der Waals surface area (Å²) in [6, 6.07) is 11.7. The molecule has 0 fully saturated rings. The molecule has 1 N–H and O–H groups in total. The predicted octanol–water partition coefficient (Wildman–Crippen LogP) is 4.12. The molecular formula is C14H13NOS2. The van der Waals surface area contributed by atoms with Crippen LogP contribution in [0.25, 0.3) is 6.08 Å². The zero-order valence-electron chi connectivity index (χ0n) is 9.92. The van der Waals surface area contributed by atoms with Gasteiger partial charge in [-0.15, -0.1) is 23.1 Å². The van der Waals surface area contributed by atoms with Gasteiger partial charge in [-0.3, -0.25) is 4.79 Å². The summed E-state index contributed by atoms with van der Waals surface area (Å²) in [5, 5.41) is 4.81. The number of thioether (sulfide) groups is 1. The molecule has 1 amide bonds. The number of anilines is 1. The van der Waals surface area contributed by atoms with Gasteiger partial charge in [0, 0.05) is 21.5 Å². The van der Waals surface area contributed by atoms with Gasteiger partial charge in [0.1, 0.15) is 0 Å². The highest BCUT2D eigenvalue weighted by Gasteiger charge is 1.98. The van der Waals surface area contributed by atoms with Crippen LogP contribution in [-0.4, -0.2) is 12.2 Å². The lowest BCUT2D eigenvalue weighted by Crippen LogP contribution is -2.07. The summed E-state index contributed by atoms with van der Waals surface area (Å²) in [6.45, 7) is 0. The van der Waals surface area contributed by atoms with Gasteiger partial charge in [-0.05, 0) is 48.0 Å². The average Bonchev–Trinajstić information content (AvgIpc) is 2.90. The van der Waals surface area contributed by atoms with E-state index in [1.807, 2.05) is 54.1 Å². The second-order valence-electron chi connectivity index (χ2n) is 3.57. The standard InChI is InChI=1S/C14H13NOS2/c1-17-12-6-4-11(5-7-12)15-14(16)9-8-13-3-2-10-18-13/h2-10H,1H3,(H,15,16). The largest absolute Gasteiger partial charge is 0.323 e. The van der Waals surface area contributed by atoms with Crippen LogP contribution in [0.15, 0.2) is 52.7 Å². The van der Waals surface area contributed by atoms with Crippen molar-refractivity contribution < 1.29 is 4.79 Å². The smallest absolute Gasteiger partial charge is 0.248 e. The van der Waals surface area contributed by atoms with Crippen molar-refractivity contribution in [1.82, 2.24) is 0 Å². The number of carbonyl (C=O) groups excluding carboxylic acids is 1. The Labute approximate surface area is 115 Å². The van der Waals surface area contributed by atoms with Crippen LogP contribution in [0, 0.1) is 0 Å². The molecular weight excluding hydrogens is 262 g/mol. The lowest BCUT2D eigenvalue weighted by atomic mass is 10.3. The Bertz CT molecular complexity index is 529. The van der Waals surface area contributed by atoms with Crippen molar-refractivity contribution in [2.45, 2.75) is 4.90 Å². The maximum atomic E-state index is 11.7. The van der Waals surface area contributed by atoms with Crippen LogP contribution < -0.4 is 5.32 Å². The number of hydrogen-bond acceptors (Lipinski definition) is 3. The van der Waals surface area contributed by atoms with Crippen LogP contribution in [0.3, 0.4) is 0 Å². The molecule has 2 aromatic rings. The molecule has 0 unspecified atom stereocenters. The number of benzene rings is 1. The average molecular weight is 275 g/mol. The maximum Gasteiger partial charge on any atom is 0.248 e. The Balaban J connectivity index is 1.94. The van der Waals surface area contributed by atoms with E-state index >= 15 is 0 Å². The maximum absolute atomic E-state index is 11.7. The van der Waals surface area contributed by atoms with E-state index < -0.39 is 0 Å². The lowest BCUT2D eigenvalue weighted by Gasteiger charge is -2.02. The predicted molar refractivity (Wildman–Crippen MR) is 80.2 cm³/mol. The number of hydrogen-bond donors (Lipinski definition) is 1. The monoisotopic (exact) mass is 275 g/mol. The van der Waals surface area contributed by atoms with E-state index in [1.54, 1.807) is 29.2 Å². The van der Waals surface area contributed by atoms with Crippen LogP contribution in [0.1, 0.15) is 4.88 Å². The second-order valence-corrected chi connectivity index (χ2v) is 5.43. The molecule has 0 spiro atoms. The van der Waals surface area contributed by atoms with Gasteiger partial charge in [0.15, 0.2) is 0 Å². The van der Waals surface area contributed by atoms with Gasteiger partial charge in [-0.2, -0.15) is 0 Å². The van der Waals surface area contributed by atoms with Gasteiger partial charge in [-0.25, -0.2) is 0 Å². The molecule has 0 aliphatic heterocycles. The molecule has 92 valence electrons. The van der Waals surface area contributed by atoms with Crippen molar-refractivity contribution in [1.29, 1.82) is 0 Å². The van der Waals surface area contributed by atoms with Crippen molar-refractivity contribution in [2.75, 3.05) is 11.6 Å². The molecule has 18 heavy (non-hydrogen) atoms. The number of rotatable bonds is 4. The van der Waals surface area contributed by atoms with Gasteiger partial charge < -0.3 is 5.32 Å². The van der Waals surface area contributed by atoms with Gasteiger partial charge in [0.05, 0.1) is 0 Å². The molecule has 0 bridgehead atoms. The summed E-state index contributed by atoms with van der Waals surface area (Å²) in [7, 11) is 0. The fourth-order valence-electron chi connectivity index (χ4n) is 1.40. The first-order valence-electron chi connectivity index (χ1n) is 5.44. The molecule has 0 saturated heterocycles. The second kappa shape index (κ2) is 6.42. The lowest BCUT2D eigenvalue weighted by molar-refractivity contribution is -0.111. The minimum Gasteiger partial charge on any atom is -0.323 e. The number of thiophene rings is 1. The first kappa shape index (κ1) is 12.9. The molecule has 4 heteroatoms. The molecule has 1 heterocycles. The van der Waals surface area contributed by atoms with Crippen LogP contribution in [0.2, 0.25) is 0 Å². The molecule has 0 saturated carbocycles. The summed E-state index contributed by atoms with van der Waals surface area (Å²) in [6.07, 6.45) is 5.39. The third-order valence-corrected chi connectivity index (χ3v) is 3.88. The Morgan fingerprint density at radius 1 is 1.28 bits per heavy atom. The van der Waals surface area contributed by atoms with Crippen molar-refractivity contribution in [3.05, 3.63) is 52.7 Å². The molecule has 0 radical (unpaired) electrons. The Hall–Kier alpha value is -1.52. The molecule has 1 aromatic carbocycles. The van der Waals surface area contributed by atoms with E-state index in [0.29, 0.717) is 0 Å². The summed E-state index contributed by atoms with van der Waals surface area (Å²) in [5.74, 6) is -0.111. The van der Waals surface area contributed by atoms with Gasteiger partial charge in [-0.1, -0.05) is 6.07 Å². The number of nitrogens with one attached hydrogen (secondary N) is 1. The first-order valence-corrected chi connectivity index (χ1v) is 7.55. The van der Waals surface area contributed by atoms with E-state index in [2.05, 4.69) is 5.32 Å². The summed E-state index contributed by atoms with van der Waals surface area (Å²) >= 11 is 3.29. The summed E-state index contributed by atoms with van der Waals surface area (Å²) in [4.78, 5) is 13.9. The van der Waals surface area contributed by atoms with Crippen molar-refractivity contribution in [2.24, 2.45) is 0 Å². The molecule has 2 rings (SSSR count). The van der Waals surface area contributed by atoms with Crippen LogP contribution in [-0.2, 0) is 4.79 Å². The zero-order valence-corrected chi connectivity index (χ0v) is 11.6. The quantitative estimate of drug-likeness (QED) is 0.671. The third-order valence-electron chi connectivity index (χ3n) is 2.30. The van der Waals surface area contributed by atoms with Crippen LogP contribution in [0.5, 0.6) is 0 Å². The minimum absolute atomic E-state index is 0.111. The van der Waals surface area contributed by atoms with E-state index in [9.17, 15) is 4.79 Å². The zero-order chi connectivity index (χ0) is 12.8. The van der Waals surface area contributed by atoms with Crippen molar-refractivity contribution >= 4 is 40.8 Å². The van der Waals surface area contributed by atoms with E-state index in [-0.39, 0.29) is 5.91 Å². The summed E-state index contributed by atoms with van der Waals surface area (Å²) in [5.41, 5.74) is 0.814. The molecule has 0 aliphatic rings. The Morgan fingerprint density at radius 2 is 2.06 bits per heavy atom. The van der Waals surface area contributed by atoms with Gasteiger partial charge in [0.2, 0.25) is 5.91 Å². The first-order chi connectivity index (χ1) is 8.78. The Morgan fingerprint density at radius 3 is 2.67 bits per heavy atom. The van der Waals surface area contributed by atoms with Crippen LogP contribution >= 0.6 is 23.1 Å². The van der Waals surface area contributed by atoms with Gasteiger partial charge >= 0.3 is 0 Å². The SMILES string of the molecule is CSc1ccc(NC(=O)C=Cc2cccs2)cc1. The third kappa shape index (κ3) is 3.75. The normalized spacial score (nSPS) is 10.7. The molecule has 0 aliphatic carbocycles. The van der Waals surface area contributed by atoms with Gasteiger partial charge in [0.25, 0.3) is 0 Å². The van der Waals surface area contributed by atoms with Crippen LogP contribution in [0.4, 0.5) is 5.69 Å². The highest BCUT2D eigenvalue weighted by atomic mass is 32.2. The topological polar surface area (TPSA) is 29.1 Å². The fraction of sp³-hybridized carbons (Fsp3) is 0.0714. The minimum atomic E-state index is -0.111. The fourth-order valence-corrected chi connectivity index (χ4v) is 2.43. The Kier molecular flexibility index (Phi) is 4.61. The highest BCUT2D eigenvalue weighted by Crippen LogP contribution is 2.17. The van der Waals surface area contributed by atoms with Crippen molar-refractivity contribution in [3.8, 4) is 0 Å². The molecule has 2 nitrogen and oxygen atoms in total. The summed E-state index contributed by atoms with van der Waals surface area (Å²) < 4.78 is 0. The highest BCUT2D eigenvalue weighted by molar-refractivity contribution is 7.98. The number of amides is 1. The van der Waals surface area contributed by atoms with E-state index in [4.69, 9.17) is 0 Å². The molecule has 0 atom stereocenters. The molecule has 1 aromatic heterocycles. The van der Waals surface area contributed by atoms with E-state index in [1.165, 1.54) is 4.90 Å². The number of carbonyl (C=O) groups is 1.